The fourth-order valence-corrected chi connectivity index (χ4v) is 2.61. The molecule has 0 spiro atoms. The molecule has 3 rings (SSSR count). The molecule has 5 nitrogen and oxygen atoms in total. The van der Waals surface area contributed by atoms with Crippen molar-refractivity contribution in [1.29, 1.82) is 0 Å². The summed E-state index contributed by atoms with van der Waals surface area (Å²) in [6.07, 6.45) is -4.50. The summed E-state index contributed by atoms with van der Waals surface area (Å²) in [6.45, 7) is 1.53. The SMILES string of the molecule is Cc1cc(C(F)(F)F)nn1-c1ccc(NC(=O)Nc2cccc(Cl)c2)cc1. The second-order valence-corrected chi connectivity index (χ2v) is 6.15. The van der Waals surface area contributed by atoms with E-state index in [1.807, 2.05) is 0 Å². The van der Waals surface area contributed by atoms with Gasteiger partial charge >= 0.3 is 12.2 Å². The first kappa shape index (κ1) is 18.8. The van der Waals surface area contributed by atoms with Gasteiger partial charge in [-0.3, -0.25) is 0 Å². The highest BCUT2D eigenvalue weighted by molar-refractivity contribution is 6.30. The minimum atomic E-state index is -4.50. The van der Waals surface area contributed by atoms with Gasteiger partial charge in [-0.25, -0.2) is 9.48 Å². The van der Waals surface area contributed by atoms with Crippen LogP contribution >= 0.6 is 11.6 Å². The Labute approximate surface area is 157 Å². The lowest BCUT2D eigenvalue weighted by molar-refractivity contribution is -0.141. The Morgan fingerprint density at radius 3 is 2.30 bits per heavy atom. The van der Waals surface area contributed by atoms with Crippen LogP contribution in [0.5, 0.6) is 0 Å². The van der Waals surface area contributed by atoms with Crippen molar-refractivity contribution in [2.24, 2.45) is 0 Å². The first-order valence-corrected chi connectivity index (χ1v) is 8.18. The highest BCUT2D eigenvalue weighted by Gasteiger charge is 2.34. The number of alkyl halides is 3. The summed E-state index contributed by atoms with van der Waals surface area (Å²) in [5, 5.41) is 9.34. The molecule has 2 aromatic carbocycles. The Bertz CT molecular complexity index is 967. The number of anilines is 2. The molecule has 2 amide bonds. The van der Waals surface area contributed by atoms with Crippen molar-refractivity contribution in [1.82, 2.24) is 9.78 Å². The average molecular weight is 395 g/mol. The number of amides is 2. The average Bonchev–Trinajstić information content (AvgIpc) is 2.97. The van der Waals surface area contributed by atoms with Crippen LogP contribution in [-0.4, -0.2) is 15.8 Å². The molecule has 27 heavy (non-hydrogen) atoms. The molecule has 0 saturated carbocycles. The zero-order valence-corrected chi connectivity index (χ0v) is 14.8. The summed E-state index contributed by atoms with van der Waals surface area (Å²) in [4.78, 5) is 12.0. The molecule has 0 aliphatic rings. The Morgan fingerprint density at radius 1 is 1.04 bits per heavy atom. The van der Waals surface area contributed by atoms with Crippen LogP contribution in [0.3, 0.4) is 0 Å². The van der Waals surface area contributed by atoms with Crippen molar-refractivity contribution in [3.05, 3.63) is 71.0 Å². The second-order valence-electron chi connectivity index (χ2n) is 5.72. The van der Waals surface area contributed by atoms with Crippen molar-refractivity contribution < 1.29 is 18.0 Å². The lowest BCUT2D eigenvalue weighted by atomic mass is 10.2. The van der Waals surface area contributed by atoms with E-state index in [1.165, 1.54) is 11.6 Å². The molecule has 0 fully saturated rings. The maximum Gasteiger partial charge on any atom is 0.435 e. The van der Waals surface area contributed by atoms with E-state index in [2.05, 4.69) is 15.7 Å². The molecule has 0 atom stereocenters. The fourth-order valence-electron chi connectivity index (χ4n) is 2.42. The van der Waals surface area contributed by atoms with E-state index in [1.54, 1.807) is 48.5 Å². The Balaban J connectivity index is 1.70. The van der Waals surface area contributed by atoms with Crippen molar-refractivity contribution in [3.63, 3.8) is 0 Å². The van der Waals surface area contributed by atoms with Gasteiger partial charge < -0.3 is 10.6 Å². The molecular weight excluding hydrogens is 381 g/mol. The molecule has 0 saturated heterocycles. The van der Waals surface area contributed by atoms with Gasteiger partial charge in [0.15, 0.2) is 5.69 Å². The monoisotopic (exact) mass is 394 g/mol. The number of hydrogen-bond donors (Lipinski definition) is 2. The van der Waals surface area contributed by atoms with Crippen molar-refractivity contribution in [2.75, 3.05) is 10.6 Å². The number of nitrogens with one attached hydrogen (secondary N) is 2. The minimum absolute atomic E-state index is 0.349. The number of urea groups is 1. The van der Waals surface area contributed by atoms with Crippen molar-refractivity contribution in [3.8, 4) is 5.69 Å². The van der Waals surface area contributed by atoms with E-state index in [4.69, 9.17) is 11.6 Å². The zero-order chi connectivity index (χ0) is 19.6. The standard InChI is InChI=1S/C18H14ClF3N4O/c1-11-9-16(18(20,21)22)25-26(11)15-7-5-13(6-8-15)23-17(27)24-14-4-2-3-12(19)10-14/h2-10H,1H3,(H2,23,24,27). The summed E-state index contributed by atoms with van der Waals surface area (Å²) in [6, 6.07) is 13.5. The molecule has 0 unspecified atom stereocenters. The van der Waals surface area contributed by atoms with Gasteiger partial charge in [-0.1, -0.05) is 17.7 Å². The van der Waals surface area contributed by atoms with Gasteiger partial charge in [0.1, 0.15) is 0 Å². The van der Waals surface area contributed by atoms with Crippen molar-refractivity contribution in [2.45, 2.75) is 13.1 Å². The number of rotatable bonds is 3. The quantitative estimate of drug-likeness (QED) is 0.616. The van der Waals surface area contributed by atoms with Crippen LogP contribution in [0.15, 0.2) is 54.6 Å². The highest BCUT2D eigenvalue weighted by atomic mass is 35.5. The van der Waals surface area contributed by atoms with E-state index in [0.717, 1.165) is 6.07 Å². The van der Waals surface area contributed by atoms with Crippen LogP contribution < -0.4 is 10.6 Å². The number of benzene rings is 2. The second kappa shape index (κ2) is 7.32. The van der Waals surface area contributed by atoms with Gasteiger partial charge in [0.2, 0.25) is 0 Å². The van der Waals surface area contributed by atoms with Crippen LogP contribution in [0.4, 0.5) is 29.3 Å². The first-order chi connectivity index (χ1) is 12.7. The van der Waals surface area contributed by atoms with Gasteiger partial charge in [0.05, 0.1) is 5.69 Å². The highest BCUT2D eigenvalue weighted by Crippen LogP contribution is 2.29. The Morgan fingerprint density at radius 2 is 1.70 bits per heavy atom. The largest absolute Gasteiger partial charge is 0.435 e. The maximum atomic E-state index is 12.8. The van der Waals surface area contributed by atoms with Gasteiger partial charge in [-0.2, -0.15) is 18.3 Å². The number of aromatic nitrogens is 2. The van der Waals surface area contributed by atoms with Crippen molar-refractivity contribution >= 4 is 29.0 Å². The van der Waals surface area contributed by atoms with Crippen LogP contribution in [0.1, 0.15) is 11.4 Å². The predicted octanol–water partition coefficient (Wildman–Crippen LogP) is 5.50. The number of hydrogen-bond acceptors (Lipinski definition) is 2. The van der Waals surface area contributed by atoms with E-state index < -0.39 is 17.9 Å². The Hall–Kier alpha value is -3.00. The third-order valence-corrected chi connectivity index (χ3v) is 3.87. The summed E-state index contributed by atoms with van der Waals surface area (Å²) in [5.41, 5.74) is 0.844. The Kier molecular flexibility index (Phi) is 5.09. The first-order valence-electron chi connectivity index (χ1n) is 7.80. The lowest BCUT2D eigenvalue weighted by Crippen LogP contribution is -2.19. The van der Waals surface area contributed by atoms with Gasteiger partial charge in [0.25, 0.3) is 0 Å². The normalized spacial score (nSPS) is 11.3. The summed E-state index contributed by atoms with van der Waals surface area (Å²) in [5.74, 6) is 0. The minimum Gasteiger partial charge on any atom is -0.308 e. The van der Waals surface area contributed by atoms with E-state index in [9.17, 15) is 18.0 Å². The molecule has 2 N–H and O–H groups in total. The number of carbonyl (C=O) groups excluding carboxylic acids is 1. The van der Waals surface area contributed by atoms with E-state index in [-0.39, 0.29) is 0 Å². The van der Waals surface area contributed by atoms with E-state index >= 15 is 0 Å². The molecular formula is C18H14ClF3N4O. The molecule has 0 aliphatic carbocycles. The third-order valence-electron chi connectivity index (χ3n) is 3.63. The zero-order valence-electron chi connectivity index (χ0n) is 14.0. The predicted molar refractivity (Wildman–Crippen MR) is 97.4 cm³/mol. The number of nitrogens with zero attached hydrogens (tertiary/aromatic N) is 2. The summed E-state index contributed by atoms with van der Waals surface area (Å²) >= 11 is 5.86. The summed E-state index contributed by atoms with van der Waals surface area (Å²) < 4.78 is 39.5. The number of carbonyl (C=O) groups is 1. The smallest absolute Gasteiger partial charge is 0.308 e. The van der Waals surface area contributed by atoms with Gasteiger partial charge in [-0.15, -0.1) is 0 Å². The number of aryl methyl sites for hydroxylation is 1. The summed E-state index contributed by atoms with van der Waals surface area (Å²) in [7, 11) is 0. The molecule has 1 heterocycles. The van der Waals surface area contributed by atoms with Gasteiger partial charge in [-0.05, 0) is 55.5 Å². The topological polar surface area (TPSA) is 59.0 Å². The molecule has 1 aromatic heterocycles. The molecule has 9 heteroatoms. The lowest BCUT2D eigenvalue weighted by Gasteiger charge is -2.09. The fraction of sp³-hybridized carbons (Fsp3) is 0.111. The van der Waals surface area contributed by atoms with Crippen LogP contribution in [-0.2, 0) is 6.18 Å². The van der Waals surface area contributed by atoms with Crippen LogP contribution in [0.25, 0.3) is 5.69 Å². The molecule has 0 aliphatic heterocycles. The molecule has 3 aromatic rings. The van der Waals surface area contributed by atoms with Crippen LogP contribution in [0, 0.1) is 6.92 Å². The van der Waals surface area contributed by atoms with Gasteiger partial charge in [0, 0.05) is 22.1 Å². The molecule has 0 radical (unpaired) electrons. The third kappa shape index (κ3) is 4.59. The molecule has 0 bridgehead atoms. The maximum absolute atomic E-state index is 12.8. The van der Waals surface area contributed by atoms with Crippen LogP contribution in [0.2, 0.25) is 5.02 Å². The number of halogens is 4. The molecule has 140 valence electrons. The van der Waals surface area contributed by atoms with E-state index in [0.29, 0.717) is 27.8 Å².